The third kappa shape index (κ3) is 4.86. The molecule has 0 saturated carbocycles. The molecule has 0 atom stereocenters. The zero-order valence-corrected chi connectivity index (χ0v) is 14.4. The third-order valence-corrected chi connectivity index (χ3v) is 3.86. The van der Waals surface area contributed by atoms with Crippen molar-refractivity contribution in [2.24, 2.45) is 0 Å². The molecule has 1 aromatic carbocycles. The number of nitrogens with zero attached hydrogens (tertiary/aromatic N) is 4. The smallest absolute Gasteiger partial charge is 0.319 e. The van der Waals surface area contributed by atoms with E-state index in [4.69, 9.17) is 4.74 Å². The van der Waals surface area contributed by atoms with Crippen molar-refractivity contribution in [3.05, 3.63) is 78.1 Å². The molecule has 0 fully saturated rings. The van der Waals surface area contributed by atoms with Gasteiger partial charge in [-0.15, -0.1) is 0 Å². The van der Waals surface area contributed by atoms with Crippen molar-refractivity contribution in [3.8, 4) is 5.75 Å². The lowest BCUT2D eigenvalue weighted by molar-refractivity contribution is 0.0644. The highest BCUT2D eigenvalue weighted by atomic mass is 19.3. The lowest BCUT2D eigenvalue weighted by Gasteiger charge is -2.17. The summed E-state index contributed by atoms with van der Waals surface area (Å²) in [6, 6.07) is 13.4. The second-order valence-electron chi connectivity index (χ2n) is 5.95. The Morgan fingerprint density at radius 1 is 1.04 bits per heavy atom. The minimum absolute atomic E-state index is 0.343. The van der Waals surface area contributed by atoms with Crippen molar-refractivity contribution in [2.75, 3.05) is 7.05 Å². The van der Waals surface area contributed by atoms with Crippen LogP contribution in [0.3, 0.4) is 0 Å². The average molecular weight is 358 g/mol. The molecule has 0 unspecified atom stereocenters. The fraction of sp³-hybridized carbons (Fsp3) is 0.263. The Kier molecular flexibility index (Phi) is 5.91. The molecule has 26 heavy (non-hydrogen) atoms. The SMILES string of the molecule is CN(Cc1ccc(OCc2ccccn2)cc1)Cc1nccn1C(F)F. The molecule has 3 rings (SSSR count). The molecule has 5 nitrogen and oxygen atoms in total. The first-order chi connectivity index (χ1) is 12.6. The van der Waals surface area contributed by atoms with Crippen LogP contribution < -0.4 is 4.74 Å². The van der Waals surface area contributed by atoms with E-state index in [1.165, 1.54) is 12.4 Å². The predicted molar refractivity (Wildman–Crippen MR) is 93.7 cm³/mol. The van der Waals surface area contributed by atoms with E-state index in [0.29, 0.717) is 25.5 Å². The zero-order chi connectivity index (χ0) is 18.4. The summed E-state index contributed by atoms with van der Waals surface area (Å²) in [6.07, 6.45) is 4.42. The van der Waals surface area contributed by atoms with Crippen LogP contribution in [-0.2, 0) is 19.7 Å². The second-order valence-corrected chi connectivity index (χ2v) is 5.95. The van der Waals surface area contributed by atoms with Gasteiger partial charge in [0.2, 0.25) is 0 Å². The Labute approximate surface area is 150 Å². The van der Waals surface area contributed by atoms with Gasteiger partial charge in [0.15, 0.2) is 0 Å². The molecule has 0 aliphatic heterocycles. The Balaban J connectivity index is 1.52. The Morgan fingerprint density at radius 2 is 1.85 bits per heavy atom. The van der Waals surface area contributed by atoms with Crippen molar-refractivity contribution in [3.63, 3.8) is 0 Å². The summed E-state index contributed by atoms with van der Waals surface area (Å²) in [4.78, 5) is 10.1. The monoisotopic (exact) mass is 358 g/mol. The summed E-state index contributed by atoms with van der Waals surface area (Å²) in [5, 5.41) is 0. The number of halogens is 2. The van der Waals surface area contributed by atoms with Crippen molar-refractivity contribution in [1.29, 1.82) is 0 Å². The van der Waals surface area contributed by atoms with E-state index in [1.807, 2.05) is 54.4 Å². The van der Waals surface area contributed by atoms with E-state index < -0.39 is 6.55 Å². The van der Waals surface area contributed by atoms with Crippen LogP contribution >= 0.6 is 0 Å². The minimum Gasteiger partial charge on any atom is -0.487 e. The first-order valence-electron chi connectivity index (χ1n) is 8.22. The fourth-order valence-corrected chi connectivity index (χ4v) is 2.58. The van der Waals surface area contributed by atoms with Crippen molar-refractivity contribution in [2.45, 2.75) is 26.2 Å². The van der Waals surface area contributed by atoms with Gasteiger partial charge in [-0.2, -0.15) is 8.78 Å². The van der Waals surface area contributed by atoms with Gasteiger partial charge in [0.05, 0.1) is 12.2 Å². The van der Waals surface area contributed by atoms with Gasteiger partial charge in [0, 0.05) is 25.1 Å². The summed E-state index contributed by atoms with van der Waals surface area (Å²) >= 11 is 0. The minimum atomic E-state index is -2.57. The Morgan fingerprint density at radius 3 is 2.54 bits per heavy atom. The van der Waals surface area contributed by atoms with Crippen LogP contribution in [0.5, 0.6) is 5.75 Å². The highest BCUT2D eigenvalue weighted by Gasteiger charge is 2.13. The number of alkyl halides is 2. The summed E-state index contributed by atoms with van der Waals surface area (Å²) in [5.41, 5.74) is 1.93. The van der Waals surface area contributed by atoms with Gasteiger partial charge in [-0.3, -0.25) is 14.5 Å². The van der Waals surface area contributed by atoms with Crippen LogP contribution in [-0.4, -0.2) is 26.5 Å². The summed E-state index contributed by atoms with van der Waals surface area (Å²) < 4.78 is 32.3. The standard InChI is InChI=1S/C19H20F2N4O/c1-24(13-18-23-10-11-25(18)19(20)21)12-15-5-7-17(8-6-15)26-14-16-4-2-3-9-22-16/h2-11,19H,12-14H2,1H3. The molecule has 136 valence electrons. The zero-order valence-electron chi connectivity index (χ0n) is 14.4. The van der Waals surface area contributed by atoms with E-state index >= 15 is 0 Å². The van der Waals surface area contributed by atoms with Crippen molar-refractivity contribution in [1.82, 2.24) is 19.4 Å². The van der Waals surface area contributed by atoms with Gasteiger partial charge >= 0.3 is 6.55 Å². The number of hydrogen-bond donors (Lipinski definition) is 0. The predicted octanol–water partition coefficient (Wildman–Crippen LogP) is 3.88. The molecule has 3 aromatic rings. The number of hydrogen-bond acceptors (Lipinski definition) is 4. The van der Waals surface area contributed by atoms with Gasteiger partial charge in [-0.1, -0.05) is 18.2 Å². The van der Waals surface area contributed by atoms with Gasteiger partial charge in [0.1, 0.15) is 18.2 Å². The van der Waals surface area contributed by atoms with E-state index in [-0.39, 0.29) is 0 Å². The molecule has 0 aliphatic carbocycles. The van der Waals surface area contributed by atoms with Crippen molar-refractivity contribution < 1.29 is 13.5 Å². The molecular weight excluding hydrogens is 338 g/mol. The van der Waals surface area contributed by atoms with E-state index in [1.54, 1.807) is 6.20 Å². The maximum Gasteiger partial charge on any atom is 0.319 e. The van der Waals surface area contributed by atoms with Crippen LogP contribution in [0.2, 0.25) is 0 Å². The molecule has 0 bridgehead atoms. The molecule has 0 aliphatic rings. The number of pyridine rings is 1. The Hall–Kier alpha value is -2.80. The highest BCUT2D eigenvalue weighted by molar-refractivity contribution is 5.27. The van der Waals surface area contributed by atoms with Crippen LogP contribution in [0.4, 0.5) is 8.78 Å². The molecule has 0 radical (unpaired) electrons. The molecule has 0 saturated heterocycles. The number of rotatable bonds is 8. The average Bonchev–Trinajstić information content (AvgIpc) is 3.10. The summed E-state index contributed by atoms with van der Waals surface area (Å²) in [5.74, 6) is 1.10. The molecule has 7 heteroatoms. The fourth-order valence-electron chi connectivity index (χ4n) is 2.58. The lowest BCUT2D eigenvalue weighted by atomic mass is 10.2. The molecular formula is C19H20F2N4O. The van der Waals surface area contributed by atoms with Crippen LogP contribution in [0, 0.1) is 0 Å². The first kappa shape index (κ1) is 18.0. The molecule has 2 heterocycles. The number of ether oxygens (including phenoxy) is 1. The van der Waals surface area contributed by atoms with Crippen molar-refractivity contribution >= 4 is 0 Å². The van der Waals surface area contributed by atoms with E-state index in [0.717, 1.165) is 21.6 Å². The first-order valence-corrected chi connectivity index (χ1v) is 8.22. The maximum atomic E-state index is 12.9. The van der Waals surface area contributed by atoms with Crippen LogP contribution in [0.25, 0.3) is 0 Å². The lowest BCUT2D eigenvalue weighted by Crippen LogP contribution is -2.20. The third-order valence-electron chi connectivity index (χ3n) is 3.86. The number of benzene rings is 1. The summed E-state index contributed by atoms with van der Waals surface area (Å²) in [6.45, 7) is -1.20. The molecule has 0 amide bonds. The Bertz CT molecular complexity index is 806. The van der Waals surface area contributed by atoms with Gasteiger partial charge in [-0.05, 0) is 36.9 Å². The molecule has 0 spiro atoms. The van der Waals surface area contributed by atoms with Crippen LogP contribution in [0.1, 0.15) is 23.6 Å². The quantitative estimate of drug-likeness (QED) is 0.613. The maximum absolute atomic E-state index is 12.9. The number of imidazole rings is 1. The second kappa shape index (κ2) is 8.53. The van der Waals surface area contributed by atoms with Crippen LogP contribution in [0.15, 0.2) is 61.1 Å². The van der Waals surface area contributed by atoms with E-state index in [9.17, 15) is 8.78 Å². The molecule has 2 aromatic heterocycles. The topological polar surface area (TPSA) is 43.2 Å². The molecule has 0 N–H and O–H groups in total. The highest BCUT2D eigenvalue weighted by Crippen LogP contribution is 2.17. The van der Waals surface area contributed by atoms with Gasteiger partial charge < -0.3 is 4.74 Å². The summed E-state index contributed by atoms with van der Waals surface area (Å²) in [7, 11) is 1.87. The largest absolute Gasteiger partial charge is 0.487 e. The number of aromatic nitrogens is 3. The van der Waals surface area contributed by atoms with E-state index in [2.05, 4.69) is 9.97 Å². The van der Waals surface area contributed by atoms with Gasteiger partial charge in [0.25, 0.3) is 0 Å². The normalized spacial score (nSPS) is 11.3. The van der Waals surface area contributed by atoms with Gasteiger partial charge in [-0.25, -0.2) is 4.98 Å².